The van der Waals surface area contributed by atoms with Crippen molar-refractivity contribution in [1.82, 2.24) is 20.4 Å². The van der Waals surface area contributed by atoms with E-state index in [1.807, 2.05) is 20.2 Å². The quantitative estimate of drug-likeness (QED) is 0.875. The van der Waals surface area contributed by atoms with Crippen LogP contribution in [0.4, 0.5) is 0 Å². The highest BCUT2D eigenvalue weighted by molar-refractivity contribution is 5.95. The molecule has 5 nitrogen and oxygen atoms in total. The fourth-order valence-electron chi connectivity index (χ4n) is 3.98. The number of aryl methyl sites for hydroxylation is 2. The number of piperidine rings is 1. The van der Waals surface area contributed by atoms with Gasteiger partial charge in [0.15, 0.2) is 0 Å². The Morgan fingerprint density at radius 2 is 2.19 bits per heavy atom. The van der Waals surface area contributed by atoms with Crippen LogP contribution in [0.3, 0.4) is 0 Å². The molecule has 0 aromatic carbocycles. The molecule has 116 valence electrons. The van der Waals surface area contributed by atoms with E-state index in [1.165, 1.54) is 32.1 Å². The summed E-state index contributed by atoms with van der Waals surface area (Å²) in [5.74, 6) is 0.0264. The van der Waals surface area contributed by atoms with Crippen LogP contribution in [0.25, 0.3) is 0 Å². The highest BCUT2D eigenvalue weighted by atomic mass is 16.1. The first kappa shape index (κ1) is 14.6. The SMILES string of the molecule is Cc1nn(C)cc1C(=O)NC1CCNC2(CCCCC2)C1. The second-order valence-electron chi connectivity index (χ2n) is 6.73. The molecule has 1 aromatic heterocycles. The summed E-state index contributed by atoms with van der Waals surface area (Å²) in [5.41, 5.74) is 1.78. The Kier molecular flexibility index (Phi) is 4.02. The van der Waals surface area contributed by atoms with Crippen molar-refractivity contribution >= 4 is 5.91 Å². The first-order valence-electron chi connectivity index (χ1n) is 8.14. The minimum absolute atomic E-state index is 0.0264. The molecule has 2 fully saturated rings. The van der Waals surface area contributed by atoms with E-state index in [0.29, 0.717) is 5.56 Å². The molecule has 21 heavy (non-hydrogen) atoms. The smallest absolute Gasteiger partial charge is 0.254 e. The van der Waals surface area contributed by atoms with E-state index in [1.54, 1.807) is 4.68 Å². The van der Waals surface area contributed by atoms with E-state index >= 15 is 0 Å². The van der Waals surface area contributed by atoms with Crippen molar-refractivity contribution in [1.29, 1.82) is 0 Å². The zero-order valence-electron chi connectivity index (χ0n) is 13.1. The van der Waals surface area contributed by atoms with Crippen molar-refractivity contribution in [2.75, 3.05) is 6.54 Å². The molecule has 1 amide bonds. The summed E-state index contributed by atoms with van der Waals surface area (Å²) in [6.07, 6.45) is 10.4. The monoisotopic (exact) mass is 290 g/mol. The van der Waals surface area contributed by atoms with Crippen LogP contribution in [-0.4, -0.2) is 33.8 Å². The number of nitrogens with zero attached hydrogens (tertiary/aromatic N) is 2. The molecule has 3 rings (SSSR count). The van der Waals surface area contributed by atoms with Gasteiger partial charge in [-0.2, -0.15) is 5.10 Å². The van der Waals surface area contributed by atoms with Crippen molar-refractivity contribution in [2.24, 2.45) is 7.05 Å². The van der Waals surface area contributed by atoms with E-state index < -0.39 is 0 Å². The Balaban J connectivity index is 1.64. The van der Waals surface area contributed by atoms with Gasteiger partial charge in [0.1, 0.15) is 0 Å². The van der Waals surface area contributed by atoms with Gasteiger partial charge in [0, 0.05) is 24.8 Å². The molecule has 0 radical (unpaired) electrons. The van der Waals surface area contributed by atoms with Crippen LogP contribution in [0.5, 0.6) is 0 Å². The van der Waals surface area contributed by atoms with E-state index in [-0.39, 0.29) is 17.5 Å². The summed E-state index contributed by atoms with van der Waals surface area (Å²) in [4.78, 5) is 12.4. The van der Waals surface area contributed by atoms with Gasteiger partial charge in [0.05, 0.1) is 11.3 Å². The largest absolute Gasteiger partial charge is 0.349 e. The third-order valence-corrected chi connectivity index (χ3v) is 5.03. The van der Waals surface area contributed by atoms with Gasteiger partial charge in [-0.15, -0.1) is 0 Å². The average Bonchev–Trinajstić information content (AvgIpc) is 2.79. The molecule has 1 aliphatic carbocycles. The summed E-state index contributed by atoms with van der Waals surface area (Å²) >= 11 is 0. The minimum atomic E-state index is 0.0264. The molecule has 2 aliphatic rings. The van der Waals surface area contributed by atoms with Crippen LogP contribution >= 0.6 is 0 Å². The van der Waals surface area contributed by atoms with Crippen molar-refractivity contribution in [2.45, 2.75) is 63.5 Å². The van der Waals surface area contributed by atoms with E-state index in [2.05, 4.69) is 15.7 Å². The van der Waals surface area contributed by atoms with Gasteiger partial charge in [-0.25, -0.2) is 0 Å². The third-order valence-electron chi connectivity index (χ3n) is 5.03. The van der Waals surface area contributed by atoms with Crippen molar-refractivity contribution in [3.05, 3.63) is 17.5 Å². The number of aromatic nitrogens is 2. The second-order valence-corrected chi connectivity index (χ2v) is 6.73. The molecule has 2 heterocycles. The predicted octanol–water partition coefficient (Wildman–Crippen LogP) is 1.91. The molecule has 5 heteroatoms. The topological polar surface area (TPSA) is 59.0 Å². The van der Waals surface area contributed by atoms with Gasteiger partial charge < -0.3 is 10.6 Å². The molecule has 1 saturated heterocycles. The molecule has 0 bridgehead atoms. The summed E-state index contributed by atoms with van der Waals surface area (Å²) in [6, 6.07) is 0.288. The predicted molar refractivity (Wildman–Crippen MR) is 82.3 cm³/mol. The first-order valence-corrected chi connectivity index (χ1v) is 8.14. The Hall–Kier alpha value is -1.36. The number of hydrogen-bond donors (Lipinski definition) is 2. The highest BCUT2D eigenvalue weighted by Crippen LogP contribution is 2.34. The van der Waals surface area contributed by atoms with Gasteiger partial charge in [0.2, 0.25) is 0 Å². The lowest BCUT2D eigenvalue weighted by Gasteiger charge is -2.44. The number of hydrogen-bond acceptors (Lipinski definition) is 3. The summed E-state index contributed by atoms with van der Waals surface area (Å²) in [5, 5.41) is 11.2. The number of carbonyl (C=O) groups excluding carboxylic acids is 1. The van der Waals surface area contributed by atoms with Crippen LogP contribution in [0.2, 0.25) is 0 Å². The van der Waals surface area contributed by atoms with Crippen molar-refractivity contribution < 1.29 is 4.79 Å². The normalized spacial score (nSPS) is 25.0. The van der Waals surface area contributed by atoms with Crippen molar-refractivity contribution in [3.8, 4) is 0 Å². The van der Waals surface area contributed by atoms with E-state index in [0.717, 1.165) is 25.1 Å². The molecule has 2 N–H and O–H groups in total. The molecule has 1 saturated carbocycles. The Labute approximate surface area is 126 Å². The lowest BCUT2D eigenvalue weighted by molar-refractivity contribution is 0.0892. The Morgan fingerprint density at radius 3 is 2.86 bits per heavy atom. The maximum absolute atomic E-state index is 12.4. The second kappa shape index (κ2) is 5.79. The zero-order chi connectivity index (χ0) is 14.9. The van der Waals surface area contributed by atoms with Gasteiger partial charge in [0.25, 0.3) is 5.91 Å². The number of amides is 1. The van der Waals surface area contributed by atoms with Crippen LogP contribution in [0, 0.1) is 6.92 Å². The van der Waals surface area contributed by atoms with Crippen LogP contribution in [0.15, 0.2) is 6.20 Å². The van der Waals surface area contributed by atoms with E-state index in [4.69, 9.17) is 0 Å². The fourth-order valence-corrected chi connectivity index (χ4v) is 3.98. The minimum Gasteiger partial charge on any atom is -0.349 e. The Bertz CT molecular complexity index is 511. The van der Waals surface area contributed by atoms with Crippen molar-refractivity contribution in [3.63, 3.8) is 0 Å². The molecular formula is C16H26N4O. The maximum Gasteiger partial charge on any atom is 0.254 e. The summed E-state index contributed by atoms with van der Waals surface area (Å²) in [7, 11) is 1.85. The number of rotatable bonds is 2. The van der Waals surface area contributed by atoms with Gasteiger partial charge in [-0.3, -0.25) is 9.48 Å². The molecule has 1 unspecified atom stereocenters. The molecule has 1 atom stereocenters. The summed E-state index contributed by atoms with van der Waals surface area (Å²) < 4.78 is 1.70. The Morgan fingerprint density at radius 1 is 1.43 bits per heavy atom. The van der Waals surface area contributed by atoms with Gasteiger partial charge >= 0.3 is 0 Å². The van der Waals surface area contributed by atoms with Gasteiger partial charge in [-0.1, -0.05) is 19.3 Å². The molecular weight excluding hydrogens is 264 g/mol. The molecule has 1 aliphatic heterocycles. The average molecular weight is 290 g/mol. The number of nitrogens with one attached hydrogen (secondary N) is 2. The zero-order valence-corrected chi connectivity index (χ0v) is 13.1. The van der Waals surface area contributed by atoms with Crippen LogP contribution in [0.1, 0.15) is 61.0 Å². The maximum atomic E-state index is 12.4. The first-order chi connectivity index (χ1) is 10.1. The van der Waals surface area contributed by atoms with E-state index in [9.17, 15) is 4.79 Å². The molecule has 1 aromatic rings. The fraction of sp³-hybridized carbons (Fsp3) is 0.750. The number of carbonyl (C=O) groups is 1. The molecule has 1 spiro atoms. The standard InChI is InChI=1S/C16H26N4O/c1-12-14(11-20(2)19-12)15(21)18-13-6-9-17-16(10-13)7-4-3-5-8-16/h11,13,17H,3-10H2,1-2H3,(H,18,21). The summed E-state index contributed by atoms with van der Waals surface area (Å²) in [6.45, 7) is 2.90. The van der Waals surface area contributed by atoms with Crippen LogP contribution in [-0.2, 0) is 7.05 Å². The lowest BCUT2D eigenvalue weighted by atomic mass is 9.75. The highest BCUT2D eigenvalue weighted by Gasteiger charge is 2.37. The lowest BCUT2D eigenvalue weighted by Crippen LogP contribution is -2.57. The third kappa shape index (κ3) is 3.12. The van der Waals surface area contributed by atoms with Gasteiger partial charge in [-0.05, 0) is 39.2 Å². The van der Waals surface area contributed by atoms with Crippen LogP contribution < -0.4 is 10.6 Å².